The van der Waals surface area contributed by atoms with Crippen molar-refractivity contribution in [1.29, 1.82) is 0 Å². The van der Waals surface area contributed by atoms with Crippen molar-refractivity contribution in [3.05, 3.63) is 96.8 Å². The summed E-state index contributed by atoms with van der Waals surface area (Å²) in [4.78, 5) is 111. The number of nitrogens with two attached hydrogens (primary N) is 5. The zero-order chi connectivity index (χ0) is 60.4. The first-order chi connectivity index (χ1) is 39.8. The Morgan fingerprint density at radius 1 is 0.711 bits per heavy atom. The predicted octanol–water partition coefficient (Wildman–Crippen LogP) is -0.954. The molecule has 29 heteroatoms. The zero-order valence-corrected chi connectivity index (χ0v) is 49.3. The number of aliphatic hydroxyl groups is 2. The van der Waals surface area contributed by atoms with E-state index in [0.29, 0.717) is 51.4 Å². The summed E-state index contributed by atoms with van der Waals surface area (Å²) in [6.45, 7) is 8.93. The van der Waals surface area contributed by atoms with Gasteiger partial charge in [-0.15, -0.1) is 34.0 Å². The minimum atomic E-state index is -1.59. The van der Waals surface area contributed by atoms with E-state index in [1.165, 1.54) is 54.8 Å². The van der Waals surface area contributed by atoms with E-state index in [4.69, 9.17) is 28.7 Å². The van der Waals surface area contributed by atoms with E-state index in [9.17, 15) is 43.8 Å². The molecular weight excluding hydrogens is 1130 g/mol. The predicted molar refractivity (Wildman–Crippen MR) is 319 cm³/mol. The molecule has 452 valence electrons. The number of hydrogen-bond acceptors (Lipinski definition) is 22. The summed E-state index contributed by atoms with van der Waals surface area (Å²) in [5.74, 6) is -6.47. The first-order valence-electron chi connectivity index (χ1n) is 27.4. The second kappa shape index (κ2) is 34.6. The molecule has 0 unspecified atom stereocenters. The molecule has 0 aliphatic rings. The third kappa shape index (κ3) is 22.0. The van der Waals surface area contributed by atoms with Gasteiger partial charge in [0.05, 0.1) is 41.3 Å². The van der Waals surface area contributed by atoms with Crippen molar-refractivity contribution in [1.82, 2.24) is 62.5 Å². The van der Waals surface area contributed by atoms with Crippen molar-refractivity contribution in [2.24, 2.45) is 28.9 Å². The van der Waals surface area contributed by atoms with Crippen LogP contribution < -0.4 is 71.2 Å². The second-order valence-corrected chi connectivity index (χ2v) is 22.7. The van der Waals surface area contributed by atoms with E-state index >= 15 is 0 Å². The number of nitrogens with one attached hydrogen (secondary N) is 8. The van der Waals surface area contributed by atoms with E-state index in [1.807, 2.05) is 5.38 Å². The fourth-order valence-electron chi connectivity index (χ4n) is 8.33. The number of benzene rings is 1. The van der Waals surface area contributed by atoms with Crippen LogP contribution in [-0.2, 0) is 43.2 Å². The highest BCUT2D eigenvalue weighted by Crippen LogP contribution is 2.26. The Hall–Kier alpha value is -6.93. The summed E-state index contributed by atoms with van der Waals surface area (Å²) in [5.41, 5.74) is 29.8. The van der Waals surface area contributed by atoms with Gasteiger partial charge >= 0.3 is 0 Å². The molecule has 0 aliphatic heterocycles. The molecule has 5 rings (SSSR count). The van der Waals surface area contributed by atoms with Crippen LogP contribution in [0, 0.1) is 12.8 Å². The lowest BCUT2D eigenvalue weighted by Gasteiger charge is -2.31. The number of aliphatic hydroxyl groups excluding tert-OH is 2. The van der Waals surface area contributed by atoms with Gasteiger partial charge in [0.1, 0.15) is 45.8 Å². The first-order valence-corrected chi connectivity index (χ1v) is 30.0. The van der Waals surface area contributed by atoms with Crippen LogP contribution in [0.5, 0.6) is 0 Å². The number of aromatic nitrogens is 4. The fraction of sp³-hybridized carbons (Fsp3) is 0.500. The molecule has 7 amide bonds. The van der Waals surface area contributed by atoms with Crippen LogP contribution in [0.2, 0.25) is 0 Å². The molecule has 26 nitrogen and oxygen atoms in total. The van der Waals surface area contributed by atoms with Gasteiger partial charge in [0, 0.05) is 60.1 Å². The normalized spacial score (nSPS) is 14.3. The van der Waals surface area contributed by atoms with Crippen molar-refractivity contribution < 1.29 is 43.8 Å². The van der Waals surface area contributed by atoms with E-state index < -0.39 is 83.8 Å². The van der Waals surface area contributed by atoms with Gasteiger partial charge in [-0.05, 0) is 95.7 Å². The summed E-state index contributed by atoms with van der Waals surface area (Å²) in [7, 11) is 0. The highest BCUT2D eigenvalue weighted by atomic mass is 32.1. The molecular formula is C54H79N17O9S3. The molecule has 4 heterocycles. The van der Waals surface area contributed by atoms with E-state index in [2.05, 4.69) is 62.5 Å². The first kappa shape index (κ1) is 66.9. The minimum absolute atomic E-state index is 0.0141. The average Bonchev–Trinajstić information content (AvgIpc) is 4.40. The molecule has 8 atom stereocenters. The van der Waals surface area contributed by atoms with Gasteiger partial charge in [-0.1, -0.05) is 43.3 Å². The zero-order valence-electron chi connectivity index (χ0n) is 46.9. The van der Waals surface area contributed by atoms with Gasteiger partial charge in [-0.2, -0.15) is 0 Å². The Morgan fingerprint density at radius 3 is 2.08 bits per heavy atom. The van der Waals surface area contributed by atoms with Crippen LogP contribution in [0.1, 0.15) is 99.8 Å². The Kier molecular flexibility index (Phi) is 27.9. The van der Waals surface area contributed by atoms with Crippen LogP contribution in [0.3, 0.4) is 0 Å². The lowest BCUT2D eigenvalue weighted by atomic mass is 9.91. The monoisotopic (exact) mass is 1210 g/mol. The smallest absolute Gasteiger partial charge is 0.271 e. The summed E-state index contributed by atoms with van der Waals surface area (Å²) >= 11 is 3.97. The Bertz CT molecular complexity index is 2880. The number of nitrogen functional groups attached to an aromatic ring is 1. The topological polar surface area (TPSA) is 438 Å². The molecule has 20 N–H and O–H groups in total. The number of carbonyl (C=O) groups excluding carboxylic acids is 7. The van der Waals surface area contributed by atoms with Crippen LogP contribution in [0.25, 0.3) is 10.7 Å². The van der Waals surface area contributed by atoms with Gasteiger partial charge in [0.15, 0.2) is 0 Å². The lowest BCUT2D eigenvalue weighted by molar-refractivity contribution is -0.136. The van der Waals surface area contributed by atoms with Crippen molar-refractivity contribution in [2.45, 2.75) is 115 Å². The maximum absolute atomic E-state index is 14.5. The number of amides is 7. The standard InChI is InChI=1S/C54H79N17O9S3/c1-30-43(69-48(71-46(30)58)37(26-41(57)73)64-27-35(56)47(59)75)53(80)67-38(25-34-14-9-23-81-34)51(78)66-36(24-33-12-5-4-6-13-33)45(74)31(2)49(76)70-44(32(3)72)52(79)63-22-15-42-65-40(29-82-42)54-68-39(28-83-54)50(77)62-21-11-20-61-18-8-7-17-60-19-10-16-55/h4-6,9,12-14,23,28-29,31-32,35-38,44-45,60-61,64,72,74H,7-8,10-11,15-22,24-27,55-56H2,1-3H3,(H2,57,73)(H2,59,75)(H,62,77)(H,63,79)(H,66,78)(H,67,80)(H,70,76)(H2,58,69,71)/t31-,32+,35-,36+,37-,38-,44-,45-/m0/s1. The summed E-state index contributed by atoms with van der Waals surface area (Å²) in [5, 5.41) is 52.7. The van der Waals surface area contributed by atoms with Crippen molar-refractivity contribution in [3.8, 4) is 10.7 Å². The van der Waals surface area contributed by atoms with Crippen molar-refractivity contribution in [2.75, 3.05) is 58.1 Å². The number of rotatable bonds is 38. The number of thiazole rings is 2. The quantitative estimate of drug-likeness (QED) is 0.0212. The minimum Gasteiger partial charge on any atom is -0.391 e. The molecule has 0 spiro atoms. The van der Waals surface area contributed by atoms with Crippen molar-refractivity contribution in [3.63, 3.8) is 0 Å². The SMILES string of the molecule is Cc1c(N)nc([C@H](CC(N)=O)NC[C@H](N)C(N)=O)nc1C(=O)N[C@@H](Cc1cccs1)C(=O)N[C@H](Cc1ccccc1)[C@@H](O)[C@H](C)C(=O)N[C@H](C(=O)NCCc1nc(-c2nc(C(=O)NCCCNCCCCNCCCN)cs2)cs1)[C@@H](C)O. The number of anilines is 1. The van der Waals surface area contributed by atoms with E-state index in [1.54, 1.807) is 53.2 Å². The molecule has 1 aromatic carbocycles. The average molecular weight is 1210 g/mol. The number of unbranched alkanes of at least 4 members (excludes halogenated alkanes) is 1. The third-order valence-electron chi connectivity index (χ3n) is 13.2. The van der Waals surface area contributed by atoms with Crippen LogP contribution in [0.15, 0.2) is 58.6 Å². The molecule has 0 saturated carbocycles. The summed E-state index contributed by atoms with van der Waals surface area (Å²) < 4.78 is 0. The number of thiophene rings is 1. The molecule has 0 aliphatic carbocycles. The molecule has 5 aromatic rings. The highest BCUT2D eigenvalue weighted by Gasteiger charge is 2.36. The van der Waals surface area contributed by atoms with Gasteiger partial charge in [0.25, 0.3) is 11.8 Å². The van der Waals surface area contributed by atoms with Crippen LogP contribution in [0.4, 0.5) is 5.82 Å². The largest absolute Gasteiger partial charge is 0.391 e. The third-order valence-corrected chi connectivity index (χ3v) is 15.9. The highest BCUT2D eigenvalue weighted by molar-refractivity contribution is 7.14. The van der Waals surface area contributed by atoms with Gasteiger partial charge in [0.2, 0.25) is 29.5 Å². The Labute approximate surface area is 494 Å². The van der Waals surface area contributed by atoms with E-state index in [-0.39, 0.29) is 61.2 Å². The number of carbonyl (C=O) groups is 7. The molecule has 0 radical (unpaired) electrons. The molecule has 0 saturated heterocycles. The van der Waals surface area contributed by atoms with Crippen molar-refractivity contribution >= 4 is 81.2 Å². The molecule has 83 heavy (non-hydrogen) atoms. The maximum Gasteiger partial charge on any atom is 0.271 e. The lowest BCUT2D eigenvalue weighted by Crippen LogP contribution is -2.58. The second-order valence-electron chi connectivity index (χ2n) is 19.9. The summed E-state index contributed by atoms with van der Waals surface area (Å²) in [6.07, 6.45) is 0.868. The fourth-order valence-corrected chi connectivity index (χ4v) is 10.7. The van der Waals surface area contributed by atoms with Gasteiger partial charge in [-0.3, -0.25) is 33.6 Å². The Morgan fingerprint density at radius 2 is 1.42 bits per heavy atom. The number of nitrogens with zero attached hydrogens (tertiary/aromatic N) is 4. The Balaban J connectivity index is 1.19. The molecule has 0 bridgehead atoms. The van der Waals surface area contributed by atoms with Gasteiger partial charge < -0.3 is 81.4 Å². The van der Waals surface area contributed by atoms with E-state index in [0.717, 1.165) is 51.9 Å². The maximum atomic E-state index is 14.5. The summed E-state index contributed by atoms with van der Waals surface area (Å²) in [6, 6.07) is 6.32. The van der Waals surface area contributed by atoms with Crippen LogP contribution >= 0.6 is 34.0 Å². The molecule has 4 aromatic heterocycles. The van der Waals surface area contributed by atoms with Gasteiger partial charge in [-0.25, -0.2) is 19.9 Å². The molecule has 0 fully saturated rings. The number of hydrogen-bond donors (Lipinski definition) is 15. The van der Waals surface area contributed by atoms with Crippen LogP contribution in [-0.4, -0.2) is 160 Å². The number of primary amides is 2.